The minimum atomic E-state index is -4.24. The molecule has 0 saturated carbocycles. The van der Waals surface area contributed by atoms with E-state index in [2.05, 4.69) is 10.4 Å². The van der Waals surface area contributed by atoms with Gasteiger partial charge >= 0.3 is 6.18 Å². The Morgan fingerprint density at radius 2 is 2.27 bits per heavy atom. The number of halogens is 3. The van der Waals surface area contributed by atoms with Crippen LogP contribution in [0, 0.1) is 6.92 Å². The van der Waals surface area contributed by atoms with E-state index in [1.54, 1.807) is 11.1 Å². The summed E-state index contributed by atoms with van der Waals surface area (Å²) in [6.07, 6.45) is 1.41. The Kier molecular flexibility index (Phi) is 5.44. The van der Waals surface area contributed by atoms with Crippen LogP contribution in [-0.2, 0) is 4.79 Å². The first-order valence-corrected chi connectivity index (χ1v) is 7.41. The Hall–Kier alpha value is -1.57. The van der Waals surface area contributed by atoms with Crippen molar-refractivity contribution in [1.82, 2.24) is 20.0 Å². The van der Waals surface area contributed by atoms with E-state index in [-0.39, 0.29) is 24.9 Å². The van der Waals surface area contributed by atoms with Crippen LogP contribution in [0.4, 0.5) is 13.2 Å². The van der Waals surface area contributed by atoms with E-state index >= 15 is 0 Å². The highest BCUT2D eigenvalue weighted by atomic mass is 19.4. The molecule has 2 rings (SSSR count). The van der Waals surface area contributed by atoms with E-state index in [0.717, 1.165) is 18.4 Å². The lowest BCUT2D eigenvalue weighted by Gasteiger charge is -2.33. The third-order valence-corrected chi connectivity index (χ3v) is 3.70. The lowest BCUT2D eigenvalue weighted by atomic mass is 10.1. The Bertz CT molecular complexity index is 501. The molecular formula is C14H21F3N4O. The van der Waals surface area contributed by atoms with Gasteiger partial charge in [-0.15, -0.1) is 0 Å². The summed E-state index contributed by atoms with van der Waals surface area (Å²) in [6.45, 7) is 2.17. The maximum absolute atomic E-state index is 12.1. The van der Waals surface area contributed by atoms with Gasteiger partial charge < -0.3 is 10.2 Å². The van der Waals surface area contributed by atoms with Crippen molar-refractivity contribution in [2.24, 2.45) is 0 Å². The average molecular weight is 318 g/mol. The summed E-state index contributed by atoms with van der Waals surface area (Å²) in [4.78, 5) is 13.8. The first-order valence-electron chi connectivity index (χ1n) is 7.41. The molecule has 1 aromatic heterocycles. The predicted octanol–water partition coefficient (Wildman–Crippen LogP) is 1.90. The number of nitrogens with zero attached hydrogens (tertiary/aromatic N) is 3. The van der Waals surface area contributed by atoms with E-state index in [1.807, 2.05) is 17.8 Å². The quantitative estimate of drug-likeness (QED) is 0.844. The highest BCUT2D eigenvalue weighted by Crippen LogP contribution is 2.21. The number of aryl methyl sites for hydroxylation is 1. The summed E-state index contributed by atoms with van der Waals surface area (Å²) in [5.74, 6) is -0.108. The molecule has 1 atom stereocenters. The molecule has 1 amide bonds. The van der Waals surface area contributed by atoms with Gasteiger partial charge in [0, 0.05) is 32.3 Å². The number of aromatic nitrogens is 2. The Morgan fingerprint density at radius 3 is 2.91 bits per heavy atom. The Balaban J connectivity index is 1.78. The van der Waals surface area contributed by atoms with Crippen molar-refractivity contribution in [2.45, 2.75) is 38.4 Å². The number of piperidine rings is 1. The van der Waals surface area contributed by atoms with Crippen molar-refractivity contribution in [3.05, 3.63) is 18.0 Å². The summed E-state index contributed by atoms with van der Waals surface area (Å²) in [5, 5.41) is 6.53. The topological polar surface area (TPSA) is 50.2 Å². The van der Waals surface area contributed by atoms with Gasteiger partial charge in [0.2, 0.25) is 5.91 Å². The highest BCUT2D eigenvalue weighted by molar-refractivity contribution is 5.76. The van der Waals surface area contributed by atoms with Gasteiger partial charge in [-0.3, -0.25) is 9.48 Å². The number of amides is 1. The molecule has 5 nitrogen and oxygen atoms in total. The maximum Gasteiger partial charge on any atom is 0.401 e. The number of alkyl halides is 3. The fourth-order valence-electron chi connectivity index (χ4n) is 2.61. The van der Waals surface area contributed by atoms with Crippen molar-refractivity contribution >= 4 is 5.91 Å². The second-order valence-corrected chi connectivity index (χ2v) is 5.68. The van der Waals surface area contributed by atoms with Crippen LogP contribution in [0.3, 0.4) is 0 Å². The molecule has 0 unspecified atom stereocenters. The van der Waals surface area contributed by atoms with E-state index < -0.39 is 12.7 Å². The molecule has 124 valence electrons. The second-order valence-electron chi connectivity index (χ2n) is 5.68. The van der Waals surface area contributed by atoms with Gasteiger partial charge in [0.05, 0.1) is 18.8 Å². The first kappa shape index (κ1) is 16.8. The van der Waals surface area contributed by atoms with E-state index in [4.69, 9.17) is 0 Å². The van der Waals surface area contributed by atoms with Gasteiger partial charge in [-0.25, -0.2) is 0 Å². The molecule has 2 heterocycles. The minimum absolute atomic E-state index is 0.0421. The minimum Gasteiger partial charge on any atom is -0.341 e. The Morgan fingerprint density at radius 1 is 1.50 bits per heavy atom. The van der Waals surface area contributed by atoms with Gasteiger partial charge in [-0.1, -0.05) is 0 Å². The normalized spacial score (nSPS) is 19.5. The average Bonchev–Trinajstić information content (AvgIpc) is 2.89. The summed E-state index contributed by atoms with van der Waals surface area (Å²) in [7, 11) is 0. The lowest BCUT2D eigenvalue weighted by Crippen LogP contribution is -2.42. The molecular weight excluding hydrogens is 297 g/mol. The number of hydrogen-bond donors (Lipinski definition) is 1. The summed E-state index contributed by atoms with van der Waals surface area (Å²) >= 11 is 0. The van der Waals surface area contributed by atoms with Crippen molar-refractivity contribution in [1.29, 1.82) is 0 Å². The van der Waals surface area contributed by atoms with Crippen molar-refractivity contribution in [3.8, 4) is 0 Å². The molecule has 1 aromatic rings. The predicted molar refractivity (Wildman–Crippen MR) is 75.4 cm³/mol. The van der Waals surface area contributed by atoms with Gasteiger partial charge in [-0.2, -0.15) is 18.3 Å². The molecule has 1 aliphatic rings. The van der Waals surface area contributed by atoms with Gasteiger partial charge in [0.1, 0.15) is 0 Å². The van der Waals surface area contributed by atoms with Gasteiger partial charge in [0.25, 0.3) is 0 Å². The summed E-state index contributed by atoms with van der Waals surface area (Å²) in [5.41, 5.74) is 1.07. The molecule has 0 radical (unpaired) electrons. The van der Waals surface area contributed by atoms with Crippen molar-refractivity contribution in [2.75, 3.05) is 26.2 Å². The van der Waals surface area contributed by atoms with Crippen LogP contribution in [0.15, 0.2) is 12.4 Å². The molecule has 0 aliphatic carbocycles. The van der Waals surface area contributed by atoms with Crippen LogP contribution >= 0.6 is 0 Å². The first-order chi connectivity index (χ1) is 10.3. The molecule has 1 aliphatic heterocycles. The van der Waals surface area contributed by atoms with Gasteiger partial charge in [0.15, 0.2) is 0 Å². The highest BCUT2D eigenvalue weighted by Gasteiger charge is 2.27. The second kappa shape index (κ2) is 7.13. The Labute approximate surface area is 127 Å². The standard InChI is InChI=1S/C14H21F3N4O/c1-11-7-19-21(8-11)12-3-2-6-20(9-12)13(22)4-5-18-10-14(15,16)17/h7-8,12,18H,2-6,9-10H2,1H3/t12-/m1/s1. The molecule has 0 spiro atoms. The van der Waals surface area contributed by atoms with Crippen LogP contribution in [0.5, 0.6) is 0 Å². The van der Waals surface area contributed by atoms with Crippen LogP contribution in [-0.4, -0.2) is 52.9 Å². The van der Waals surface area contributed by atoms with Crippen molar-refractivity contribution in [3.63, 3.8) is 0 Å². The monoisotopic (exact) mass is 318 g/mol. The molecule has 1 fully saturated rings. The fourth-order valence-corrected chi connectivity index (χ4v) is 2.61. The third kappa shape index (κ3) is 5.01. The zero-order valence-corrected chi connectivity index (χ0v) is 12.6. The lowest BCUT2D eigenvalue weighted by molar-refractivity contribution is -0.134. The van der Waals surface area contributed by atoms with Crippen LogP contribution in [0.2, 0.25) is 0 Å². The molecule has 8 heteroatoms. The molecule has 0 bridgehead atoms. The summed E-state index contributed by atoms with van der Waals surface area (Å²) in [6, 6.07) is 0.148. The molecule has 22 heavy (non-hydrogen) atoms. The van der Waals surface area contributed by atoms with E-state index in [0.29, 0.717) is 13.1 Å². The number of nitrogens with one attached hydrogen (secondary N) is 1. The SMILES string of the molecule is Cc1cnn([C@@H]2CCCN(C(=O)CCNCC(F)(F)F)C2)c1. The zero-order valence-electron chi connectivity index (χ0n) is 12.6. The summed E-state index contributed by atoms with van der Waals surface area (Å²) < 4.78 is 37.9. The number of carbonyl (C=O) groups excluding carboxylic acids is 1. The van der Waals surface area contributed by atoms with E-state index in [1.165, 1.54) is 0 Å². The van der Waals surface area contributed by atoms with Crippen LogP contribution < -0.4 is 5.32 Å². The third-order valence-electron chi connectivity index (χ3n) is 3.70. The fraction of sp³-hybridized carbons (Fsp3) is 0.714. The smallest absolute Gasteiger partial charge is 0.341 e. The number of carbonyl (C=O) groups is 1. The van der Waals surface area contributed by atoms with Crippen LogP contribution in [0.25, 0.3) is 0 Å². The number of hydrogen-bond acceptors (Lipinski definition) is 3. The van der Waals surface area contributed by atoms with Crippen LogP contribution in [0.1, 0.15) is 30.9 Å². The molecule has 0 aromatic carbocycles. The largest absolute Gasteiger partial charge is 0.401 e. The van der Waals surface area contributed by atoms with E-state index in [9.17, 15) is 18.0 Å². The maximum atomic E-state index is 12.1. The van der Waals surface area contributed by atoms with Crippen molar-refractivity contribution < 1.29 is 18.0 Å². The molecule has 1 saturated heterocycles. The van der Waals surface area contributed by atoms with Gasteiger partial charge in [-0.05, 0) is 25.3 Å². The molecule has 1 N–H and O–H groups in total. The zero-order chi connectivity index (χ0) is 16.2. The number of rotatable bonds is 5. The number of likely N-dealkylation sites (tertiary alicyclic amines) is 1.